The molecule has 0 bridgehead atoms. The Hall–Kier alpha value is -2.58. The van der Waals surface area contributed by atoms with Gasteiger partial charge in [-0.2, -0.15) is 0 Å². The molecule has 1 N–H and O–H groups in total. The van der Waals surface area contributed by atoms with Gasteiger partial charge in [0.15, 0.2) is 23.4 Å². The molecular weight excluding hydrogens is 368 g/mol. The maximum Gasteiger partial charge on any atom is 0.336 e. The first kappa shape index (κ1) is 20.2. The monoisotopic (exact) mass is 392 g/mol. The van der Waals surface area contributed by atoms with Crippen molar-refractivity contribution >= 4 is 16.9 Å². The SMILES string of the molecule is COc1cc2oc(=O)cc(CC(C)(OC3CCCCO3)C(=O)O)c2cc1OC. The van der Waals surface area contributed by atoms with E-state index >= 15 is 0 Å². The summed E-state index contributed by atoms with van der Waals surface area (Å²) in [6, 6.07) is 4.48. The smallest absolute Gasteiger partial charge is 0.336 e. The summed E-state index contributed by atoms with van der Waals surface area (Å²) in [5.41, 5.74) is -1.40. The number of hydrogen-bond donors (Lipinski definition) is 1. The molecule has 0 radical (unpaired) electrons. The number of hydrogen-bond acceptors (Lipinski definition) is 7. The molecule has 1 aliphatic rings. The molecule has 0 aliphatic carbocycles. The summed E-state index contributed by atoms with van der Waals surface area (Å²) >= 11 is 0. The highest BCUT2D eigenvalue weighted by Crippen LogP contribution is 2.35. The van der Waals surface area contributed by atoms with Crippen molar-refractivity contribution in [1.29, 1.82) is 0 Å². The lowest BCUT2D eigenvalue weighted by molar-refractivity contribution is -0.227. The van der Waals surface area contributed by atoms with E-state index in [-0.39, 0.29) is 12.0 Å². The second-order valence-corrected chi connectivity index (χ2v) is 6.92. The number of rotatable bonds is 7. The second-order valence-electron chi connectivity index (χ2n) is 6.92. The topological polar surface area (TPSA) is 104 Å². The van der Waals surface area contributed by atoms with Crippen LogP contribution in [0.3, 0.4) is 0 Å². The highest BCUT2D eigenvalue weighted by molar-refractivity contribution is 5.85. The van der Waals surface area contributed by atoms with Crippen LogP contribution in [0.25, 0.3) is 11.0 Å². The lowest BCUT2D eigenvalue weighted by Gasteiger charge is -2.32. The number of benzene rings is 1. The summed E-state index contributed by atoms with van der Waals surface area (Å²) in [6.07, 6.45) is 1.84. The molecule has 1 aromatic heterocycles. The van der Waals surface area contributed by atoms with Crippen LogP contribution in [0.15, 0.2) is 27.4 Å². The number of carboxylic acid groups (broad SMARTS) is 1. The predicted octanol–water partition coefficient (Wildman–Crippen LogP) is 2.74. The summed E-state index contributed by atoms with van der Waals surface area (Å²) in [5.74, 6) is -0.287. The van der Waals surface area contributed by atoms with Crippen LogP contribution in [0.5, 0.6) is 11.5 Å². The Bertz CT molecular complexity index is 912. The first-order valence-electron chi connectivity index (χ1n) is 9.08. The third-order valence-corrected chi connectivity index (χ3v) is 4.84. The number of carbonyl (C=O) groups is 1. The Morgan fingerprint density at radius 1 is 1.21 bits per heavy atom. The van der Waals surface area contributed by atoms with Crippen LogP contribution in [0.4, 0.5) is 0 Å². The Labute approximate surface area is 161 Å². The predicted molar refractivity (Wildman–Crippen MR) is 100 cm³/mol. The van der Waals surface area contributed by atoms with Gasteiger partial charge in [-0.15, -0.1) is 0 Å². The molecule has 28 heavy (non-hydrogen) atoms. The Morgan fingerprint density at radius 3 is 2.54 bits per heavy atom. The maximum atomic E-state index is 12.1. The van der Waals surface area contributed by atoms with Crippen molar-refractivity contribution in [3.05, 3.63) is 34.2 Å². The van der Waals surface area contributed by atoms with Gasteiger partial charge in [-0.05, 0) is 37.8 Å². The van der Waals surface area contributed by atoms with Crippen LogP contribution >= 0.6 is 0 Å². The van der Waals surface area contributed by atoms with Gasteiger partial charge in [0.1, 0.15) is 5.58 Å². The third kappa shape index (κ3) is 4.13. The van der Waals surface area contributed by atoms with E-state index in [9.17, 15) is 14.7 Å². The first-order chi connectivity index (χ1) is 13.4. The summed E-state index contributed by atoms with van der Waals surface area (Å²) < 4.78 is 27.2. The molecule has 1 fully saturated rings. The quantitative estimate of drug-likeness (QED) is 0.717. The molecule has 2 unspecified atom stereocenters. The van der Waals surface area contributed by atoms with E-state index in [0.717, 1.165) is 12.8 Å². The molecule has 152 valence electrons. The van der Waals surface area contributed by atoms with E-state index in [4.69, 9.17) is 23.4 Å². The molecule has 2 atom stereocenters. The summed E-state index contributed by atoms with van der Waals surface area (Å²) in [7, 11) is 2.97. The van der Waals surface area contributed by atoms with Crippen LogP contribution in [-0.2, 0) is 20.7 Å². The zero-order valence-corrected chi connectivity index (χ0v) is 16.1. The van der Waals surface area contributed by atoms with Crippen LogP contribution in [-0.4, -0.2) is 43.8 Å². The van der Waals surface area contributed by atoms with E-state index in [2.05, 4.69) is 0 Å². The summed E-state index contributed by atoms with van der Waals surface area (Å²) in [4.78, 5) is 24.1. The van der Waals surface area contributed by atoms with Crippen molar-refractivity contribution in [3.63, 3.8) is 0 Å². The fourth-order valence-electron chi connectivity index (χ4n) is 3.33. The molecule has 0 saturated carbocycles. The third-order valence-electron chi connectivity index (χ3n) is 4.84. The number of ether oxygens (including phenoxy) is 4. The standard InChI is InChI=1S/C20H24O8/c1-20(19(22)23,28-18-6-4-5-7-26-18)11-12-8-17(21)27-14-10-16(25-3)15(24-2)9-13(12)14/h8-10,18H,4-7,11H2,1-3H3,(H,22,23). The Kier molecular flexibility index (Phi) is 5.90. The van der Waals surface area contributed by atoms with Gasteiger partial charge in [-0.1, -0.05) is 0 Å². The fourth-order valence-corrected chi connectivity index (χ4v) is 3.33. The minimum atomic E-state index is -1.57. The van der Waals surface area contributed by atoms with Gasteiger partial charge in [0.05, 0.1) is 14.2 Å². The van der Waals surface area contributed by atoms with E-state index < -0.39 is 23.5 Å². The maximum absolute atomic E-state index is 12.1. The number of fused-ring (bicyclic) bond motifs is 1. The van der Waals surface area contributed by atoms with Gasteiger partial charge in [-0.25, -0.2) is 9.59 Å². The molecule has 8 nitrogen and oxygen atoms in total. The molecule has 1 saturated heterocycles. The highest BCUT2D eigenvalue weighted by atomic mass is 16.7. The van der Waals surface area contributed by atoms with Crippen molar-refractivity contribution in [2.24, 2.45) is 0 Å². The molecule has 8 heteroatoms. The Balaban J connectivity index is 2.02. The fraction of sp³-hybridized carbons (Fsp3) is 0.500. The highest BCUT2D eigenvalue weighted by Gasteiger charge is 2.38. The van der Waals surface area contributed by atoms with Crippen molar-refractivity contribution in [1.82, 2.24) is 0 Å². The van der Waals surface area contributed by atoms with Gasteiger partial charge in [0.2, 0.25) is 0 Å². The van der Waals surface area contributed by atoms with Crippen molar-refractivity contribution < 1.29 is 33.3 Å². The van der Waals surface area contributed by atoms with Gasteiger partial charge in [-0.3, -0.25) is 0 Å². The van der Waals surface area contributed by atoms with Gasteiger partial charge < -0.3 is 28.5 Å². The summed E-state index contributed by atoms with van der Waals surface area (Å²) in [6.45, 7) is 2.02. The molecule has 2 aromatic rings. The van der Waals surface area contributed by atoms with E-state index in [1.165, 1.54) is 27.2 Å². The molecule has 3 rings (SSSR count). The zero-order chi connectivity index (χ0) is 20.3. The van der Waals surface area contributed by atoms with Gasteiger partial charge in [0, 0.05) is 30.5 Å². The normalized spacial score (nSPS) is 19.2. The zero-order valence-electron chi connectivity index (χ0n) is 16.1. The lowest BCUT2D eigenvalue weighted by atomic mass is 9.94. The number of aliphatic carboxylic acids is 1. The average molecular weight is 392 g/mol. The molecule has 0 amide bonds. The summed E-state index contributed by atoms with van der Waals surface area (Å²) in [5, 5.41) is 10.4. The molecule has 1 aliphatic heterocycles. The molecule has 2 heterocycles. The van der Waals surface area contributed by atoms with Crippen molar-refractivity contribution in [3.8, 4) is 11.5 Å². The molecule has 0 spiro atoms. The lowest BCUT2D eigenvalue weighted by Crippen LogP contribution is -2.45. The van der Waals surface area contributed by atoms with Crippen LogP contribution in [0, 0.1) is 0 Å². The average Bonchev–Trinajstić information content (AvgIpc) is 2.67. The number of methoxy groups -OCH3 is 2. The Morgan fingerprint density at radius 2 is 1.93 bits per heavy atom. The number of carboxylic acids is 1. The van der Waals surface area contributed by atoms with Crippen LogP contribution < -0.4 is 15.1 Å². The van der Waals surface area contributed by atoms with Crippen molar-refractivity contribution in [2.75, 3.05) is 20.8 Å². The molecular formula is C20H24O8. The second kappa shape index (κ2) is 8.20. The first-order valence-corrected chi connectivity index (χ1v) is 9.08. The van der Waals surface area contributed by atoms with E-state index in [1.807, 2.05) is 0 Å². The van der Waals surface area contributed by atoms with E-state index in [1.54, 1.807) is 12.1 Å². The largest absolute Gasteiger partial charge is 0.493 e. The van der Waals surface area contributed by atoms with Gasteiger partial charge in [0.25, 0.3) is 0 Å². The van der Waals surface area contributed by atoms with Crippen molar-refractivity contribution in [2.45, 2.75) is 44.5 Å². The van der Waals surface area contributed by atoms with E-state index in [0.29, 0.717) is 35.5 Å². The molecule has 1 aromatic carbocycles. The van der Waals surface area contributed by atoms with Crippen LogP contribution in [0.2, 0.25) is 0 Å². The minimum absolute atomic E-state index is 0.0419. The minimum Gasteiger partial charge on any atom is -0.493 e. The van der Waals surface area contributed by atoms with Crippen LogP contribution in [0.1, 0.15) is 31.7 Å². The van der Waals surface area contributed by atoms with Gasteiger partial charge >= 0.3 is 11.6 Å².